The minimum atomic E-state index is -2.01. The number of hydrogen-bond acceptors (Lipinski definition) is 2. The van der Waals surface area contributed by atoms with Gasteiger partial charge in [-0.3, -0.25) is 0 Å². The molecule has 2 aromatic carbocycles. The highest BCUT2D eigenvalue weighted by Crippen LogP contribution is 2.48. The van der Waals surface area contributed by atoms with Crippen LogP contribution in [-0.4, -0.2) is 9.79 Å². The zero-order valence-electron chi connectivity index (χ0n) is 7.88. The smallest absolute Gasteiger partial charge is 0.200 e. The summed E-state index contributed by atoms with van der Waals surface area (Å²) in [5, 5.41) is 0.654. The molecule has 3 heteroatoms. The number of benzene rings is 2. The lowest BCUT2D eigenvalue weighted by atomic mass is 9.81. The number of fused-ring (bicyclic) bond motifs is 4. The average molecular weight is 216 g/mol. The molecule has 0 atom stereocenters. The molecule has 2 aromatic rings. The summed E-state index contributed by atoms with van der Waals surface area (Å²) in [5.74, 6) is 0. The Balaban J connectivity index is 2.25. The van der Waals surface area contributed by atoms with Crippen molar-refractivity contribution < 1.29 is 9.79 Å². The highest BCUT2D eigenvalue weighted by Gasteiger charge is 2.26. The highest BCUT2D eigenvalue weighted by atomic mass is 31.2. The van der Waals surface area contributed by atoms with Crippen molar-refractivity contribution in [3.05, 3.63) is 42.5 Å². The Morgan fingerprint density at radius 3 is 2.13 bits per heavy atom. The Bertz CT molecular complexity index is 535. The Morgan fingerprint density at radius 1 is 0.733 bits per heavy atom. The van der Waals surface area contributed by atoms with E-state index in [1.165, 1.54) is 5.56 Å². The van der Waals surface area contributed by atoms with Gasteiger partial charge in [-0.1, -0.05) is 36.4 Å². The van der Waals surface area contributed by atoms with Crippen molar-refractivity contribution in [1.29, 1.82) is 0 Å². The minimum Gasteiger partial charge on any atom is -0.347 e. The topological polar surface area (TPSA) is 40.5 Å². The molecule has 0 spiro atoms. The Kier molecular flexibility index (Phi) is 1.89. The first-order valence-electron chi connectivity index (χ1n) is 4.69. The maximum absolute atomic E-state index is 9.31. The van der Waals surface area contributed by atoms with Crippen LogP contribution >= 0.6 is 8.38 Å². The maximum Gasteiger partial charge on any atom is 0.200 e. The van der Waals surface area contributed by atoms with Crippen molar-refractivity contribution in [2.24, 2.45) is 0 Å². The van der Waals surface area contributed by atoms with Gasteiger partial charge in [0.2, 0.25) is 0 Å². The second-order valence-electron chi connectivity index (χ2n) is 3.53. The Hall–Kier alpha value is -1.21. The van der Waals surface area contributed by atoms with Gasteiger partial charge < -0.3 is 9.79 Å². The van der Waals surface area contributed by atoms with Gasteiger partial charge in [0.1, 0.15) is 0 Å². The quantitative estimate of drug-likeness (QED) is 0.612. The van der Waals surface area contributed by atoms with Gasteiger partial charge in [-0.25, -0.2) is 0 Å². The molecule has 3 rings (SSSR count). The molecule has 0 aliphatic heterocycles. The summed E-state index contributed by atoms with van der Waals surface area (Å²) in [7, 11) is -2.01. The molecular formula is C12H9O2P. The lowest BCUT2D eigenvalue weighted by Gasteiger charge is -2.26. The van der Waals surface area contributed by atoms with E-state index in [1.54, 1.807) is 6.07 Å². The third kappa shape index (κ3) is 1.16. The molecule has 0 fully saturated rings. The Labute approximate surface area is 88.7 Å². The average Bonchev–Trinajstić information content (AvgIpc) is 2.24. The maximum atomic E-state index is 9.31. The highest BCUT2D eigenvalue weighted by molar-refractivity contribution is 7.54. The monoisotopic (exact) mass is 216 g/mol. The fourth-order valence-corrected chi connectivity index (χ4v) is 2.75. The van der Waals surface area contributed by atoms with E-state index in [4.69, 9.17) is 0 Å². The Morgan fingerprint density at radius 2 is 1.40 bits per heavy atom. The zero-order chi connectivity index (χ0) is 10.4. The molecule has 0 saturated heterocycles. The molecule has 1 aliphatic rings. The summed E-state index contributed by atoms with van der Waals surface area (Å²) in [6, 6.07) is 13.7. The van der Waals surface area contributed by atoms with Crippen molar-refractivity contribution in [3.8, 4) is 22.3 Å². The van der Waals surface area contributed by atoms with Gasteiger partial charge in [-0.2, -0.15) is 0 Å². The van der Waals surface area contributed by atoms with Crippen LogP contribution in [0.3, 0.4) is 0 Å². The molecule has 15 heavy (non-hydrogen) atoms. The van der Waals surface area contributed by atoms with Crippen LogP contribution in [0, 0.1) is 0 Å². The van der Waals surface area contributed by atoms with Crippen LogP contribution in [0.1, 0.15) is 0 Å². The van der Waals surface area contributed by atoms with Gasteiger partial charge in [-0.15, -0.1) is 0 Å². The predicted octanol–water partition coefficient (Wildman–Crippen LogP) is 2.26. The van der Waals surface area contributed by atoms with Crippen molar-refractivity contribution in [3.63, 3.8) is 0 Å². The molecule has 0 heterocycles. The van der Waals surface area contributed by atoms with Crippen LogP contribution in [0.15, 0.2) is 42.5 Å². The van der Waals surface area contributed by atoms with E-state index in [-0.39, 0.29) is 0 Å². The summed E-state index contributed by atoms with van der Waals surface area (Å²) in [6.45, 7) is 0. The molecule has 0 bridgehead atoms. The first-order valence-corrected chi connectivity index (χ1v) is 5.94. The summed E-state index contributed by atoms with van der Waals surface area (Å²) in [5.41, 5.74) is 4.45. The van der Waals surface area contributed by atoms with Crippen LogP contribution in [0.5, 0.6) is 0 Å². The van der Waals surface area contributed by atoms with E-state index in [0.717, 1.165) is 16.7 Å². The van der Waals surface area contributed by atoms with E-state index >= 15 is 0 Å². The number of hydrogen-bond donors (Lipinski definition) is 2. The van der Waals surface area contributed by atoms with Gasteiger partial charge in [-0.05, 0) is 22.8 Å². The molecule has 0 aromatic heterocycles. The van der Waals surface area contributed by atoms with Crippen molar-refractivity contribution in [2.75, 3.05) is 0 Å². The second-order valence-corrected chi connectivity index (χ2v) is 4.60. The normalized spacial score (nSPS) is 11.9. The SMILES string of the molecule is OP(O)c1cccc2c1-c1ccccc1-2. The lowest BCUT2D eigenvalue weighted by molar-refractivity contribution is 0.497. The van der Waals surface area contributed by atoms with Crippen LogP contribution in [0.25, 0.3) is 22.3 Å². The fourth-order valence-electron chi connectivity index (χ4n) is 2.09. The second kappa shape index (κ2) is 3.14. The third-order valence-corrected chi connectivity index (χ3v) is 3.55. The van der Waals surface area contributed by atoms with E-state index in [1.807, 2.05) is 30.3 Å². The standard InChI is InChI=1S/C12H9O2P/c13-15(14)11-7-3-6-10-8-4-1-2-5-9(8)12(10)11/h1-7,13-14H. The third-order valence-electron chi connectivity index (χ3n) is 2.74. The predicted molar refractivity (Wildman–Crippen MR) is 61.9 cm³/mol. The molecular weight excluding hydrogens is 207 g/mol. The minimum absolute atomic E-state index is 0.654. The molecule has 0 unspecified atom stereocenters. The molecule has 0 amide bonds. The van der Waals surface area contributed by atoms with Crippen LogP contribution in [-0.2, 0) is 0 Å². The van der Waals surface area contributed by atoms with Crippen LogP contribution < -0.4 is 5.30 Å². The van der Waals surface area contributed by atoms with E-state index in [9.17, 15) is 9.79 Å². The van der Waals surface area contributed by atoms with Gasteiger partial charge in [0.15, 0.2) is 8.38 Å². The lowest BCUT2D eigenvalue weighted by Crippen LogP contribution is -2.12. The molecule has 1 aliphatic carbocycles. The molecule has 2 N–H and O–H groups in total. The fraction of sp³-hybridized carbons (Fsp3) is 0. The summed E-state index contributed by atoms with van der Waals surface area (Å²) in [6.07, 6.45) is 0. The van der Waals surface area contributed by atoms with Crippen molar-refractivity contribution in [2.45, 2.75) is 0 Å². The van der Waals surface area contributed by atoms with Crippen molar-refractivity contribution in [1.82, 2.24) is 0 Å². The zero-order valence-corrected chi connectivity index (χ0v) is 8.78. The van der Waals surface area contributed by atoms with Gasteiger partial charge in [0, 0.05) is 10.9 Å². The largest absolute Gasteiger partial charge is 0.347 e. The summed E-state index contributed by atoms with van der Waals surface area (Å²) < 4.78 is 0. The molecule has 0 radical (unpaired) electrons. The van der Waals surface area contributed by atoms with Gasteiger partial charge >= 0.3 is 0 Å². The summed E-state index contributed by atoms with van der Waals surface area (Å²) >= 11 is 0. The van der Waals surface area contributed by atoms with Crippen LogP contribution in [0.2, 0.25) is 0 Å². The van der Waals surface area contributed by atoms with Gasteiger partial charge in [0.25, 0.3) is 0 Å². The van der Waals surface area contributed by atoms with E-state index < -0.39 is 8.38 Å². The first kappa shape index (κ1) is 9.05. The molecule has 2 nitrogen and oxygen atoms in total. The number of rotatable bonds is 1. The van der Waals surface area contributed by atoms with Gasteiger partial charge in [0.05, 0.1) is 0 Å². The van der Waals surface area contributed by atoms with Crippen molar-refractivity contribution >= 4 is 13.7 Å². The first-order chi connectivity index (χ1) is 7.29. The molecule has 74 valence electrons. The van der Waals surface area contributed by atoms with E-state index in [2.05, 4.69) is 6.07 Å². The van der Waals surface area contributed by atoms with E-state index in [0.29, 0.717) is 5.30 Å². The summed E-state index contributed by atoms with van der Waals surface area (Å²) in [4.78, 5) is 18.6. The van der Waals surface area contributed by atoms with Crippen LogP contribution in [0.4, 0.5) is 0 Å². The molecule has 0 saturated carbocycles.